The fourth-order valence-corrected chi connectivity index (χ4v) is 2.67. The van der Waals surface area contributed by atoms with Crippen LogP contribution in [0.1, 0.15) is 42.5 Å². The van der Waals surface area contributed by atoms with Crippen molar-refractivity contribution in [2.75, 3.05) is 13.7 Å². The quantitative estimate of drug-likeness (QED) is 0.930. The minimum Gasteiger partial charge on any atom is -0.380 e. The Labute approximate surface area is 127 Å². The van der Waals surface area contributed by atoms with Crippen molar-refractivity contribution in [2.24, 2.45) is 0 Å². The summed E-state index contributed by atoms with van der Waals surface area (Å²) in [5.41, 5.74) is 1.64. The molecule has 3 rings (SSSR count). The smallest absolute Gasteiger partial charge is 0.259 e. The fourth-order valence-electron chi connectivity index (χ4n) is 2.67. The zero-order valence-corrected chi connectivity index (χ0v) is 12.7. The van der Waals surface area contributed by atoms with Crippen LogP contribution >= 0.6 is 0 Å². The van der Waals surface area contributed by atoms with Crippen LogP contribution in [0.15, 0.2) is 15.4 Å². The zero-order valence-electron chi connectivity index (χ0n) is 12.7. The molecular formula is C15H19N3O4. The van der Waals surface area contributed by atoms with Gasteiger partial charge in [-0.3, -0.25) is 4.79 Å². The average Bonchev–Trinajstić information content (AvgIpc) is 2.97. The summed E-state index contributed by atoms with van der Waals surface area (Å²) < 4.78 is 16.1. The Bertz CT molecular complexity index is 701. The summed E-state index contributed by atoms with van der Waals surface area (Å²) >= 11 is 0. The second-order valence-corrected chi connectivity index (χ2v) is 5.43. The first-order valence-electron chi connectivity index (χ1n) is 7.36. The first kappa shape index (κ1) is 14.9. The lowest BCUT2D eigenvalue weighted by molar-refractivity contribution is -0.00459. The van der Waals surface area contributed by atoms with Crippen molar-refractivity contribution in [2.45, 2.75) is 38.9 Å². The van der Waals surface area contributed by atoms with E-state index in [9.17, 15) is 4.79 Å². The summed E-state index contributed by atoms with van der Waals surface area (Å²) in [4.78, 5) is 19.4. The number of aryl methyl sites for hydroxylation is 1. The van der Waals surface area contributed by atoms with Crippen molar-refractivity contribution in [3.8, 4) is 11.4 Å². The lowest BCUT2D eigenvalue weighted by atomic mass is 10.1. The van der Waals surface area contributed by atoms with E-state index in [0.29, 0.717) is 24.7 Å². The van der Waals surface area contributed by atoms with E-state index in [2.05, 4.69) is 15.1 Å². The van der Waals surface area contributed by atoms with Crippen molar-refractivity contribution in [1.82, 2.24) is 15.1 Å². The molecule has 0 aliphatic carbocycles. The van der Waals surface area contributed by atoms with Gasteiger partial charge in [-0.15, -0.1) is 0 Å². The summed E-state index contributed by atoms with van der Waals surface area (Å²) in [6.07, 6.45) is 2.80. The maximum atomic E-state index is 12.3. The third-order valence-corrected chi connectivity index (χ3v) is 3.67. The Hall–Kier alpha value is -1.99. The SMILES string of the molecule is COCc1cc(C)[nH]c(=O)c1-c1noc(C2CCCCO2)n1. The highest BCUT2D eigenvalue weighted by atomic mass is 16.5. The van der Waals surface area contributed by atoms with Crippen LogP contribution in [0, 0.1) is 6.92 Å². The lowest BCUT2D eigenvalue weighted by Gasteiger charge is -2.18. The van der Waals surface area contributed by atoms with E-state index in [4.69, 9.17) is 14.0 Å². The van der Waals surface area contributed by atoms with Crippen LogP contribution in [0.3, 0.4) is 0 Å². The molecule has 0 aromatic carbocycles. The van der Waals surface area contributed by atoms with E-state index in [1.165, 1.54) is 0 Å². The fraction of sp³-hybridized carbons (Fsp3) is 0.533. The zero-order chi connectivity index (χ0) is 15.5. The van der Waals surface area contributed by atoms with Crippen LogP contribution in [-0.4, -0.2) is 28.8 Å². The van der Waals surface area contributed by atoms with Crippen molar-refractivity contribution >= 4 is 0 Å². The second-order valence-electron chi connectivity index (χ2n) is 5.43. The van der Waals surface area contributed by atoms with E-state index in [0.717, 1.165) is 30.5 Å². The van der Waals surface area contributed by atoms with Gasteiger partial charge in [0.1, 0.15) is 6.10 Å². The molecule has 0 bridgehead atoms. The van der Waals surface area contributed by atoms with Gasteiger partial charge in [0, 0.05) is 19.4 Å². The maximum Gasteiger partial charge on any atom is 0.259 e. The molecule has 22 heavy (non-hydrogen) atoms. The number of aromatic nitrogens is 3. The normalized spacial score (nSPS) is 18.5. The molecule has 2 aromatic rings. The van der Waals surface area contributed by atoms with E-state index in [-0.39, 0.29) is 17.5 Å². The molecule has 1 aliphatic heterocycles. The monoisotopic (exact) mass is 305 g/mol. The van der Waals surface area contributed by atoms with Crippen LogP contribution < -0.4 is 5.56 Å². The standard InChI is InChI=1S/C15H19N3O4/c1-9-7-10(8-20-2)12(14(19)16-9)13-17-15(22-18-13)11-5-3-4-6-21-11/h7,11H,3-6,8H2,1-2H3,(H,16,19). The van der Waals surface area contributed by atoms with Gasteiger partial charge >= 0.3 is 0 Å². The number of hydrogen-bond acceptors (Lipinski definition) is 6. The Balaban J connectivity index is 1.97. The van der Waals surface area contributed by atoms with Gasteiger partial charge in [0.05, 0.1) is 12.2 Å². The Morgan fingerprint density at radius 1 is 1.45 bits per heavy atom. The van der Waals surface area contributed by atoms with Crippen molar-refractivity contribution in [1.29, 1.82) is 0 Å². The Kier molecular flexibility index (Phi) is 4.35. The molecule has 2 aromatic heterocycles. The molecule has 3 heterocycles. The summed E-state index contributed by atoms with van der Waals surface area (Å²) in [5, 5.41) is 3.95. The minimum atomic E-state index is -0.246. The largest absolute Gasteiger partial charge is 0.380 e. The van der Waals surface area contributed by atoms with Gasteiger partial charge in [-0.05, 0) is 37.8 Å². The van der Waals surface area contributed by atoms with Crippen LogP contribution in [0.2, 0.25) is 0 Å². The first-order valence-corrected chi connectivity index (χ1v) is 7.36. The number of H-pyrrole nitrogens is 1. The predicted octanol–water partition coefficient (Wildman–Crippen LogP) is 2.12. The summed E-state index contributed by atoms with van der Waals surface area (Å²) in [5.74, 6) is 0.704. The first-order chi connectivity index (χ1) is 10.7. The van der Waals surface area contributed by atoms with Gasteiger partial charge < -0.3 is 19.0 Å². The second kappa shape index (κ2) is 6.41. The molecule has 0 amide bonds. The van der Waals surface area contributed by atoms with Crippen LogP contribution in [0.25, 0.3) is 11.4 Å². The number of nitrogens with one attached hydrogen (secondary N) is 1. The molecule has 1 aliphatic rings. The molecule has 1 N–H and O–H groups in total. The molecule has 0 radical (unpaired) electrons. The molecule has 1 saturated heterocycles. The van der Waals surface area contributed by atoms with E-state index < -0.39 is 0 Å². The van der Waals surface area contributed by atoms with Crippen molar-refractivity contribution in [3.05, 3.63) is 33.6 Å². The van der Waals surface area contributed by atoms with E-state index in [1.54, 1.807) is 7.11 Å². The predicted molar refractivity (Wildman–Crippen MR) is 78.3 cm³/mol. The molecule has 0 spiro atoms. The topological polar surface area (TPSA) is 90.2 Å². The number of aromatic amines is 1. The Morgan fingerprint density at radius 2 is 2.32 bits per heavy atom. The summed E-state index contributed by atoms with van der Waals surface area (Å²) in [7, 11) is 1.58. The van der Waals surface area contributed by atoms with E-state index in [1.807, 2.05) is 13.0 Å². The highest BCUT2D eigenvalue weighted by Crippen LogP contribution is 2.28. The van der Waals surface area contributed by atoms with Gasteiger partial charge in [-0.1, -0.05) is 5.16 Å². The van der Waals surface area contributed by atoms with Crippen LogP contribution in [-0.2, 0) is 16.1 Å². The number of pyridine rings is 1. The third-order valence-electron chi connectivity index (χ3n) is 3.67. The van der Waals surface area contributed by atoms with Gasteiger partial charge in [0.15, 0.2) is 0 Å². The molecule has 1 unspecified atom stereocenters. The molecule has 0 saturated carbocycles. The molecule has 7 nitrogen and oxygen atoms in total. The number of ether oxygens (including phenoxy) is 2. The molecule has 1 atom stereocenters. The number of nitrogens with zero attached hydrogens (tertiary/aromatic N) is 2. The van der Waals surface area contributed by atoms with Gasteiger partial charge in [0.25, 0.3) is 11.4 Å². The van der Waals surface area contributed by atoms with Gasteiger partial charge in [0.2, 0.25) is 5.82 Å². The summed E-state index contributed by atoms with van der Waals surface area (Å²) in [6.45, 7) is 2.83. The lowest BCUT2D eigenvalue weighted by Crippen LogP contribution is -2.15. The van der Waals surface area contributed by atoms with Crippen LogP contribution in [0.5, 0.6) is 0 Å². The van der Waals surface area contributed by atoms with Crippen LogP contribution in [0.4, 0.5) is 0 Å². The highest BCUT2D eigenvalue weighted by Gasteiger charge is 2.24. The van der Waals surface area contributed by atoms with Gasteiger partial charge in [-0.2, -0.15) is 4.98 Å². The molecule has 118 valence electrons. The summed E-state index contributed by atoms with van der Waals surface area (Å²) in [6, 6.07) is 1.85. The molecule has 7 heteroatoms. The van der Waals surface area contributed by atoms with Crippen molar-refractivity contribution in [3.63, 3.8) is 0 Å². The van der Waals surface area contributed by atoms with Crippen molar-refractivity contribution < 1.29 is 14.0 Å². The number of hydrogen-bond donors (Lipinski definition) is 1. The Morgan fingerprint density at radius 3 is 3.05 bits per heavy atom. The minimum absolute atomic E-state index is 0.176. The third kappa shape index (κ3) is 2.95. The number of rotatable bonds is 4. The number of methoxy groups -OCH3 is 1. The highest BCUT2D eigenvalue weighted by molar-refractivity contribution is 5.58. The molecule has 1 fully saturated rings. The maximum absolute atomic E-state index is 12.3. The average molecular weight is 305 g/mol. The van der Waals surface area contributed by atoms with E-state index >= 15 is 0 Å². The van der Waals surface area contributed by atoms with Gasteiger partial charge in [-0.25, -0.2) is 0 Å². The molecular weight excluding hydrogens is 286 g/mol.